The minimum absolute atomic E-state index is 0.0309. The summed E-state index contributed by atoms with van der Waals surface area (Å²) in [5.74, 6) is 0.198. The largest absolute Gasteiger partial charge is 0.492 e. The number of sulfonamides is 1. The van der Waals surface area contributed by atoms with Gasteiger partial charge in [-0.1, -0.05) is 64.1 Å². The first-order chi connectivity index (χ1) is 22.0. The molecule has 46 heavy (non-hydrogen) atoms. The number of pyridine rings is 1. The highest BCUT2D eigenvalue weighted by Gasteiger charge is 2.23. The minimum atomic E-state index is -3.60. The molecule has 3 aromatic carbocycles. The molecule has 1 aliphatic rings. The lowest BCUT2D eigenvalue weighted by Gasteiger charge is -2.26. The second-order valence-corrected chi connectivity index (χ2v) is 14.3. The Morgan fingerprint density at radius 1 is 0.957 bits per heavy atom. The van der Waals surface area contributed by atoms with Crippen molar-refractivity contribution in [2.24, 2.45) is 0 Å². The van der Waals surface area contributed by atoms with Crippen molar-refractivity contribution in [2.75, 3.05) is 54.5 Å². The molecule has 3 N–H and O–H groups in total. The molecule has 5 rings (SSSR count). The molecular weight excluding hydrogens is 602 g/mol. The van der Waals surface area contributed by atoms with Gasteiger partial charge in [0.15, 0.2) is 5.75 Å². The van der Waals surface area contributed by atoms with Crippen LogP contribution in [0.15, 0.2) is 66.9 Å². The highest BCUT2D eigenvalue weighted by Crippen LogP contribution is 2.40. The number of hydrogen-bond acceptors (Lipinski definition) is 7. The summed E-state index contributed by atoms with van der Waals surface area (Å²) in [4.78, 5) is 20.5. The van der Waals surface area contributed by atoms with Gasteiger partial charge in [0.25, 0.3) is 0 Å². The van der Waals surface area contributed by atoms with Crippen molar-refractivity contribution >= 4 is 43.9 Å². The van der Waals surface area contributed by atoms with Crippen molar-refractivity contribution in [2.45, 2.75) is 46.1 Å². The van der Waals surface area contributed by atoms with Crippen molar-refractivity contribution in [1.29, 1.82) is 0 Å². The second kappa shape index (κ2) is 14.1. The summed E-state index contributed by atoms with van der Waals surface area (Å²) in [6.45, 7) is 12.0. The van der Waals surface area contributed by atoms with Gasteiger partial charge in [0.2, 0.25) is 10.0 Å². The van der Waals surface area contributed by atoms with Crippen LogP contribution >= 0.6 is 0 Å². The quantitative estimate of drug-likeness (QED) is 0.173. The molecule has 2 amide bonds. The highest BCUT2D eigenvalue weighted by molar-refractivity contribution is 7.92. The van der Waals surface area contributed by atoms with Gasteiger partial charge in [-0.2, -0.15) is 0 Å². The number of hydrogen-bond donors (Lipinski definition) is 3. The molecule has 0 unspecified atom stereocenters. The number of fused-ring (bicyclic) bond motifs is 1. The summed E-state index contributed by atoms with van der Waals surface area (Å²) in [6.07, 6.45) is 2.37. The van der Waals surface area contributed by atoms with Gasteiger partial charge in [-0.05, 0) is 52.6 Å². The fourth-order valence-corrected chi connectivity index (χ4v) is 6.67. The molecule has 244 valence electrons. The standard InChI is InChI=1S/C35H43N5O5S/c1-6-19-46(42,43)39-32-21-25(35(2,3)4)20-31(33(32)44-5)38-34(41)37-30-14-13-27(28-9-7-8-10-29(28)30)24-11-12-26(36-22-24)23-40-15-17-45-18-16-40/h7-14,20-22,39H,6,15-19,23H2,1-5H3,(H2,37,38,41). The number of benzene rings is 3. The van der Waals surface area contributed by atoms with Gasteiger partial charge in [-0.25, -0.2) is 13.2 Å². The van der Waals surface area contributed by atoms with Crippen molar-refractivity contribution in [3.05, 3.63) is 78.1 Å². The van der Waals surface area contributed by atoms with Gasteiger partial charge in [0, 0.05) is 36.8 Å². The van der Waals surface area contributed by atoms with Gasteiger partial charge in [0.05, 0.1) is 48.8 Å². The number of ether oxygens (including phenoxy) is 2. The summed E-state index contributed by atoms with van der Waals surface area (Å²) < 4.78 is 39.1. The van der Waals surface area contributed by atoms with E-state index in [-0.39, 0.29) is 22.6 Å². The van der Waals surface area contributed by atoms with E-state index in [2.05, 4.69) is 32.4 Å². The minimum Gasteiger partial charge on any atom is -0.492 e. The number of nitrogens with one attached hydrogen (secondary N) is 3. The number of methoxy groups -OCH3 is 1. The third-order valence-electron chi connectivity index (χ3n) is 7.94. The molecule has 0 atom stereocenters. The molecule has 11 heteroatoms. The Morgan fingerprint density at radius 2 is 1.65 bits per heavy atom. The zero-order chi connectivity index (χ0) is 32.9. The number of morpholine rings is 1. The molecular formula is C35H43N5O5S. The summed E-state index contributed by atoms with van der Waals surface area (Å²) in [6, 6.07) is 19.0. The lowest BCUT2D eigenvalue weighted by Crippen LogP contribution is -2.35. The molecule has 0 bridgehead atoms. The number of rotatable bonds is 10. The predicted octanol–water partition coefficient (Wildman–Crippen LogP) is 6.84. The molecule has 1 aromatic heterocycles. The number of amides is 2. The smallest absolute Gasteiger partial charge is 0.323 e. The zero-order valence-corrected chi connectivity index (χ0v) is 28.0. The Labute approximate surface area is 271 Å². The number of anilines is 3. The van der Waals surface area contributed by atoms with Crippen molar-refractivity contribution in [1.82, 2.24) is 9.88 Å². The zero-order valence-electron chi connectivity index (χ0n) is 27.1. The van der Waals surface area contributed by atoms with Crippen LogP contribution in [0.5, 0.6) is 5.75 Å². The lowest BCUT2D eigenvalue weighted by atomic mass is 9.86. The van der Waals surface area contributed by atoms with Crippen LogP contribution < -0.4 is 20.1 Å². The summed E-state index contributed by atoms with van der Waals surface area (Å²) in [7, 11) is -2.16. The van der Waals surface area contributed by atoms with Crippen LogP contribution in [0, 0.1) is 0 Å². The lowest BCUT2D eigenvalue weighted by molar-refractivity contribution is 0.0336. The Balaban J connectivity index is 1.40. The molecule has 10 nitrogen and oxygen atoms in total. The monoisotopic (exact) mass is 645 g/mol. The Bertz CT molecular complexity index is 1800. The van der Waals surface area contributed by atoms with Gasteiger partial charge in [-0.15, -0.1) is 0 Å². The van der Waals surface area contributed by atoms with Crippen LogP contribution in [0.2, 0.25) is 0 Å². The molecule has 0 radical (unpaired) electrons. The van der Waals surface area contributed by atoms with Gasteiger partial charge in [-0.3, -0.25) is 14.6 Å². The fourth-order valence-electron chi connectivity index (χ4n) is 5.54. The highest BCUT2D eigenvalue weighted by atomic mass is 32.2. The third-order valence-corrected chi connectivity index (χ3v) is 9.42. The van der Waals surface area contributed by atoms with E-state index in [4.69, 9.17) is 14.5 Å². The summed E-state index contributed by atoms with van der Waals surface area (Å²) in [5, 5.41) is 7.73. The Hall–Kier alpha value is -4.19. The number of aromatic nitrogens is 1. The van der Waals surface area contributed by atoms with E-state index in [1.54, 1.807) is 13.0 Å². The number of nitrogens with zero attached hydrogens (tertiary/aromatic N) is 2. The van der Waals surface area contributed by atoms with E-state index in [0.717, 1.165) is 66.0 Å². The average molecular weight is 646 g/mol. The molecule has 0 saturated carbocycles. The van der Waals surface area contributed by atoms with E-state index in [9.17, 15) is 13.2 Å². The Morgan fingerprint density at radius 3 is 2.30 bits per heavy atom. The molecule has 1 fully saturated rings. The van der Waals surface area contributed by atoms with Crippen LogP contribution in [-0.4, -0.2) is 63.5 Å². The van der Waals surface area contributed by atoms with E-state index < -0.39 is 16.1 Å². The normalized spacial score (nSPS) is 14.2. The van der Waals surface area contributed by atoms with E-state index in [1.165, 1.54) is 7.11 Å². The topological polar surface area (TPSA) is 122 Å². The Kier molecular flexibility index (Phi) is 10.1. The van der Waals surface area contributed by atoms with Crippen LogP contribution in [0.4, 0.5) is 21.9 Å². The fraction of sp³-hybridized carbons (Fsp3) is 0.371. The van der Waals surface area contributed by atoms with Crippen LogP contribution in [0.3, 0.4) is 0 Å². The molecule has 4 aromatic rings. The van der Waals surface area contributed by atoms with E-state index >= 15 is 0 Å². The van der Waals surface area contributed by atoms with Crippen LogP contribution in [0.25, 0.3) is 21.9 Å². The third kappa shape index (κ3) is 7.96. The maximum absolute atomic E-state index is 13.5. The maximum Gasteiger partial charge on any atom is 0.323 e. The SMILES string of the molecule is CCCS(=O)(=O)Nc1cc(C(C)(C)C)cc(NC(=O)Nc2ccc(-c3ccc(CN4CCOCC4)nc3)c3ccccc23)c1OC. The first-order valence-corrected chi connectivity index (χ1v) is 17.2. The molecule has 1 aliphatic heterocycles. The molecule has 0 aliphatic carbocycles. The number of carbonyl (C=O) groups is 1. The van der Waals surface area contributed by atoms with Gasteiger partial charge in [0.1, 0.15) is 0 Å². The van der Waals surface area contributed by atoms with Crippen molar-refractivity contribution < 1.29 is 22.7 Å². The maximum atomic E-state index is 13.5. The number of urea groups is 1. The van der Waals surface area contributed by atoms with E-state index in [0.29, 0.717) is 17.8 Å². The van der Waals surface area contributed by atoms with Crippen molar-refractivity contribution in [3.8, 4) is 16.9 Å². The van der Waals surface area contributed by atoms with Gasteiger partial charge < -0.3 is 20.1 Å². The summed E-state index contributed by atoms with van der Waals surface area (Å²) >= 11 is 0. The first-order valence-electron chi connectivity index (χ1n) is 15.6. The predicted molar refractivity (Wildman–Crippen MR) is 185 cm³/mol. The molecule has 2 heterocycles. The van der Waals surface area contributed by atoms with Gasteiger partial charge >= 0.3 is 6.03 Å². The van der Waals surface area contributed by atoms with E-state index in [1.807, 2.05) is 69.4 Å². The van der Waals surface area contributed by atoms with Crippen LogP contribution in [-0.2, 0) is 26.7 Å². The summed E-state index contributed by atoms with van der Waals surface area (Å²) in [5.41, 5.74) is 4.77. The molecule has 0 spiro atoms. The average Bonchev–Trinajstić information content (AvgIpc) is 3.01. The van der Waals surface area contributed by atoms with Crippen molar-refractivity contribution in [3.63, 3.8) is 0 Å². The second-order valence-electron chi connectivity index (χ2n) is 12.5. The molecule has 1 saturated heterocycles. The van der Waals surface area contributed by atoms with Crippen LogP contribution in [0.1, 0.15) is 45.4 Å². The first kappa shape index (κ1) is 33.2. The number of carbonyl (C=O) groups excluding carboxylic acids is 1.